The first-order valence-electron chi connectivity index (χ1n) is 8.94. The molecule has 0 radical (unpaired) electrons. The standard InChI is InChI=1S/C19H20ClF3N4O2/c1-18(2,29-14-5-3-13(20)4-6-14)17(28)27-9-7-26(8-10-27)16-11-15(19(21,22)23)24-12-25-16/h3-6,11-12H,7-10H2,1-2H3. The zero-order valence-corrected chi connectivity index (χ0v) is 16.7. The first-order chi connectivity index (χ1) is 13.6. The minimum atomic E-state index is -4.53. The van der Waals surface area contributed by atoms with Crippen molar-refractivity contribution in [2.75, 3.05) is 31.1 Å². The minimum absolute atomic E-state index is 0.191. The van der Waals surface area contributed by atoms with E-state index in [4.69, 9.17) is 16.3 Å². The number of alkyl halides is 3. The Morgan fingerprint density at radius 1 is 1.07 bits per heavy atom. The maximum absolute atomic E-state index is 12.9. The number of carbonyl (C=O) groups is 1. The van der Waals surface area contributed by atoms with Crippen LogP contribution in [0.25, 0.3) is 0 Å². The fourth-order valence-electron chi connectivity index (χ4n) is 3.04. The molecule has 0 aliphatic carbocycles. The van der Waals surface area contributed by atoms with Gasteiger partial charge in [-0.2, -0.15) is 13.2 Å². The van der Waals surface area contributed by atoms with Crippen LogP contribution in [-0.2, 0) is 11.0 Å². The van der Waals surface area contributed by atoms with Gasteiger partial charge in [0.05, 0.1) is 0 Å². The molecule has 1 aliphatic rings. The zero-order chi connectivity index (χ0) is 21.2. The second-order valence-electron chi connectivity index (χ2n) is 7.10. The van der Waals surface area contributed by atoms with E-state index in [0.717, 1.165) is 12.4 Å². The summed E-state index contributed by atoms with van der Waals surface area (Å²) in [5.74, 6) is 0.508. The van der Waals surface area contributed by atoms with Crippen LogP contribution in [0.4, 0.5) is 19.0 Å². The second kappa shape index (κ2) is 8.06. The number of amides is 1. The van der Waals surface area contributed by atoms with Crippen LogP contribution in [0.3, 0.4) is 0 Å². The average Bonchev–Trinajstić information content (AvgIpc) is 2.68. The van der Waals surface area contributed by atoms with Gasteiger partial charge in [-0.05, 0) is 38.1 Å². The summed E-state index contributed by atoms with van der Waals surface area (Å²) in [6.07, 6.45) is -3.63. The number of rotatable bonds is 4. The first kappa shape index (κ1) is 21.2. The third-order valence-corrected chi connectivity index (χ3v) is 4.79. The molecular formula is C19H20ClF3N4O2. The van der Waals surface area contributed by atoms with Gasteiger partial charge in [0.1, 0.15) is 23.6 Å². The van der Waals surface area contributed by atoms with Crippen LogP contribution < -0.4 is 9.64 Å². The molecule has 2 aromatic rings. The number of halogens is 4. The number of anilines is 1. The molecule has 1 aromatic heterocycles. The van der Waals surface area contributed by atoms with Crippen LogP contribution >= 0.6 is 11.6 Å². The Morgan fingerprint density at radius 3 is 2.28 bits per heavy atom. The maximum atomic E-state index is 12.9. The highest BCUT2D eigenvalue weighted by molar-refractivity contribution is 6.30. The van der Waals surface area contributed by atoms with Gasteiger partial charge in [0.25, 0.3) is 5.91 Å². The largest absolute Gasteiger partial charge is 0.478 e. The van der Waals surface area contributed by atoms with Crippen molar-refractivity contribution in [2.45, 2.75) is 25.6 Å². The SMILES string of the molecule is CC(C)(Oc1ccc(Cl)cc1)C(=O)N1CCN(c2cc(C(F)(F)F)ncn2)CC1. The molecule has 10 heteroatoms. The van der Waals surface area contributed by atoms with Crippen LogP contribution in [0, 0.1) is 0 Å². The van der Waals surface area contributed by atoms with Gasteiger partial charge in [-0.25, -0.2) is 9.97 Å². The number of hydrogen-bond donors (Lipinski definition) is 0. The van der Waals surface area contributed by atoms with Gasteiger partial charge in [0.2, 0.25) is 0 Å². The fraction of sp³-hybridized carbons (Fsp3) is 0.421. The lowest BCUT2D eigenvalue weighted by atomic mass is 10.1. The van der Waals surface area contributed by atoms with Gasteiger partial charge in [0, 0.05) is 37.3 Å². The summed E-state index contributed by atoms with van der Waals surface area (Å²) in [5, 5.41) is 0.566. The number of benzene rings is 1. The summed E-state index contributed by atoms with van der Waals surface area (Å²) in [4.78, 5) is 23.4. The molecule has 0 saturated carbocycles. The molecule has 3 rings (SSSR count). The highest BCUT2D eigenvalue weighted by atomic mass is 35.5. The highest BCUT2D eigenvalue weighted by Gasteiger charge is 2.37. The van der Waals surface area contributed by atoms with Crippen molar-refractivity contribution in [3.63, 3.8) is 0 Å². The van der Waals surface area contributed by atoms with Crippen molar-refractivity contribution >= 4 is 23.3 Å². The van der Waals surface area contributed by atoms with Crippen molar-refractivity contribution in [1.82, 2.24) is 14.9 Å². The van der Waals surface area contributed by atoms with E-state index >= 15 is 0 Å². The van der Waals surface area contributed by atoms with Crippen LogP contribution in [0.2, 0.25) is 5.02 Å². The van der Waals surface area contributed by atoms with E-state index in [-0.39, 0.29) is 11.7 Å². The Labute approximate surface area is 171 Å². The summed E-state index contributed by atoms with van der Waals surface area (Å²) < 4.78 is 44.4. The highest BCUT2D eigenvalue weighted by Crippen LogP contribution is 2.29. The van der Waals surface area contributed by atoms with Gasteiger partial charge < -0.3 is 14.5 Å². The van der Waals surface area contributed by atoms with Crippen LogP contribution in [0.5, 0.6) is 5.75 Å². The molecule has 0 atom stereocenters. The monoisotopic (exact) mass is 428 g/mol. The predicted molar refractivity (Wildman–Crippen MR) is 102 cm³/mol. The molecule has 1 amide bonds. The summed E-state index contributed by atoms with van der Waals surface area (Å²) in [6, 6.07) is 7.64. The summed E-state index contributed by atoms with van der Waals surface area (Å²) >= 11 is 5.86. The van der Waals surface area contributed by atoms with Crippen molar-refractivity contribution in [2.24, 2.45) is 0 Å². The molecule has 0 spiro atoms. The maximum Gasteiger partial charge on any atom is 0.433 e. The first-order valence-corrected chi connectivity index (χ1v) is 9.32. The fourth-order valence-corrected chi connectivity index (χ4v) is 3.16. The second-order valence-corrected chi connectivity index (χ2v) is 7.54. The van der Waals surface area contributed by atoms with Crippen molar-refractivity contribution in [1.29, 1.82) is 0 Å². The van der Waals surface area contributed by atoms with E-state index in [0.29, 0.717) is 37.0 Å². The number of piperazine rings is 1. The lowest BCUT2D eigenvalue weighted by molar-refractivity contribution is -0.145. The molecule has 29 heavy (non-hydrogen) atoms. The van der Waals surface area contributed by atoms with Gasteiger partial charge in [-0.3, -0.25) is 4.79 Å². The number of aromatic nitrogens is 2. The van der Waals surface area contributed by atoms with E-state index in [9.17, 15) is 18.0 Å². The zero-order valence-electron chi connectivity index (χ0n) is 15.9. The van der Waals surface area contributed by atoms with Crippen LogP contribution in [-0.4, -0.2) is 52.6 Å². The third-order valence-electron chi connectivity index (χ3n) is 4.54. The topological polar surface area (TPSA) is 58.6 Å². The van der Waals surface area contributed by atoms with Crippen LogP contribution in [0.15, 0.2) is 36.7 Å². The number of nitrogens with zero attached hydrogens (tertiary/aromatic N) is 4. The molecule has 1 aliphatic heterocycles. The Hall–Kier alpha value is -2.55. The summed E-state index contributed by atoms with van der Waals surface area (Å²) in [6.45, 7) is 4.76. The number of carbonyl (C=O) groups excluding carboxylic acids is 1. The quantitative estimate of drug-likeness (QED) is 0.744. The lowest BCUT2D eigenvalue weighted by Gasteiger charge is -2.39. The van der Waals surface area contributed by atoms with Gasteiger partial charge in [0.15, 0.2) is 5.60 Å². The van der Waals surface area contributed by atoms with E-state index in [1.807, 2.05) is 0 Å². The molecule has 6 nitrogen and oxygen atoms in total. The Balaban J connectivity index is 1.62. The molecule has 0 N–H and O–H groups in total. The molecule has 0 bridgehead atoms. The van der Waals surface area contributed by atoms with E-state index in [2.05, 4.69) is 9.97 Å². The lowest BCUT2D eigenvalue weighted by Crippen LogP contribution is -2.56. The molecule has 0 unspecified atom stereocenters. The van der Waals surface area contributed by atoms with Crippen LogP contribution in [0.1, 0.15) is 19.5 Å². The van der Waals surface area contributed by atoms with Crippen molar-refractivity contribution in [3.8, 4) is 5.75 Å². The summed E-state index contributed by atoms with van der Waals surface area (Å²) in [7, 11) is 0. The average molecular weight is 429 g/mol. The normalized spacial score (nSPS) is 15.4. The van der Waals surface area contributed by atoms with E-state index < -0.39 is 17.5 Å². The molecule has 1 saturated heterocycles. The minimum Gasteiger partial charge on any atom is -0.478 e. The molecule has 2 heterocycles. The van der Waals surface area contributed by atoms with Gasteiger partial charge >= 0.3 is 6.18 Å². The van der Waals surface area contributed by atoms with Gasteiger partial charge in [-0.1, -0.05) is 11.6 Å². The summed E-state index contributed by atoms with van der Waals surface area (Å²) in [5.41, 5.74) is -2.09. The van der Waals surface area contributed by atoms with Gasteiger partial charge in [-0.15, -0.1) is 0 Å². The van der Waals surface area contributed by atoms with Crippen molar-refractivity contribution < 1.29 is 22.7 Å². The smallest absolute Gasteiger partial charge is 0.433 e. The Bertz CT molecular complexity index is 867. The van der Waals surface area contributed by atoms with E-state index in [1.165, 1.54) is 0 Å². The van der Waals surface area contributed by atoms with Crippen molar-refractivity contribution in [3.05, 3.63) is 47.4 Å². The third kappa shape index (κ3) is 5.09. The molecule has 156 valence electrons. The van der Waals surface area contributed by atoms with E-state index in [1.54, 1.807) is 47.9 Å². The Kier molecular flexibility index (Phi) is 5.88. The number of hydrogen-bond acceptors (Lipinski definition) is 5. The molecule has 1 aromatic carbocycles. The molecular weight excluding hydrogens is 409 g/mol. The number of ether oxygens (including phenoxy) is 1. The molecule has 1 fully saturated rings. The Morgan fingerprint density at radius 2 is 1.69 bits per heavy atom. The predicted octanol–water partition coefficient (Wildman–Crippen LogP) is 3.66.